The van der Waals surface area contributed by atoms with E-state index in [4.69, 9.17) is 0 Å². The summed E-state index contributed by atoms with van der Waals surface area (Å²) in [5.74, 6) is 0.868. The number of halogens is 1. The molecule has 1 aromatic rings. The normalized spacial score (nSPS) is 18.3. The molecule has 1 heterocycles. The first-order valence-corrected chi connectivity index (χ1v) is 5.43. The smallest absolute Gasteiger partial charge is 0.129 e. The van der Waals surface area contributed by atoms with E-state index in [0.717, 1.165) is 16.2 Å². The summed E-state index contributed by atoms with van der Waals surface area (Å²) in [6, 6.07) is 4.57. The van der Waals surface area contributed by atoms with Gasteiger partial charge in [0.1, 0.15) is 4.60 Å². The van der Waals surface area contributed by atoms with Gasteiger partial charge in [-0.15, -0.1) is 0 Å². The van der Waals surface area contributed by atoms with E-state index < -0.39 is 0 Å². The Hall–Kier alpha value is -0.570. The van der Waals surface area contributed by atoms with E-state index in [0.29, 0.717) is 6.04 Å². The molecule has 1 saturated carbocycles. The van der Waals surface area contributed by atoms with Crippen LogP contribution in [0.15, 0.2) is 22.9 Å². The van der Waals surface area contributed by atoms with Crippen LogP contribution in [0, 0.1) is 5.92 Å². The molecule has 0 amide bonds. The minimum Gasteiger partial charge on any atom is -0.380 e. The third-order valence-corrected chi connectivity index (χ3v) is 3.10. The summed E-state index contributed by atoms with van der Waals surface area (Å²) in [5, 5.41) is 3.46. The summed E-state index contributed by atoms with van der Waals surface area (Å²) in [7, 11) is 0. The van der Waals surface area contributed by atoms with Gasteiger partial charge in [-0.2, -0.15) is 0 Å². The molecule has 1 unspecified atom stereocenters. The molecule has 0 saturated heterocycles. The van der Waals surface area contributed by atoms with Crippen LogP contribution in [-0.4, -0.2) is 11.0 Å². The molecule has 0 aromatic carbocycles. The largest absolute Gasteiger partial charge is 0.380 e. The van der Waals surface area contributed by atoms with Crippen LogP contribution in [0.25, 0.3) is 0 Å². The summed E-state index contributed by atoms with van der Waals surface area (Å²) in [6.07, 6.45) is 4.52. The maximum Gasteiger partial charge on any atom is 0.129 e. The van der Waals surface area contributed by atoms with Gasteiger partial charge in [-0.3, -0.25) is 0 Å². The molecule has 2 nitrogen and oxygen atoms in total. The van der Waals surface area contributed by atoms with Crippen molar-refractivity contribution >= 4 is 21.6 Å². The number of hydrogen-bond acceptors (Lipinski definition) is 2. The predicted octanol–water partition coefficient (Wildman–Crippen LogP) is 3.05. The SMILES string of the molecule is CC(Nc1cccnc1Br)C1CC1. The van der Waals surface area contributed by atoms with Crippen molar-refractivity contribution in [3.63, 3.8) is 0 Å². The third kappa shape index (κ3) is 2.21. The van der Waals surface area contributed by atoms with Crippen LogP contribution >= 0.6 is 15.9 Å². The topological polar surface area (TPSA) is 24.9 Å². The Balaban J connectivity index is 2.03. The van der Waals surface area contributed by atoms with Crippen molar-refractivity contribution in [3.8, 4) is 0 Å². The molecular weight excluding hydrogens is 228 g/mol. The van der Waals surface area contributed by atoms with Gasteiger partial charge in [0.05, 0.1) is 5.69 Å². The molecule has 1 aliphatic carbocycles. The maximum atomic E-state index is 4.17. The van der Waals surface area contributed by atoms with Crippen LogP contribution in [0.5, 0.6) is 0 Å². The van der Waals surface area contributed by atoms with Gasteiger partial charge in [0.15, 0.2) is 0 Å². The Labute approximate surface area is 86.9 Å². The maximum absolute atomic E-state index is 4.17. The van der Waals surface area contributed by atoms with Crippen LogP contribution in [0.4, 0.5) is 5.69 Å². The van der Waals surface area contributed by atoms with E-state index in [-0.39, 0.29) is 0 Å². The lowest BCUT2D eigenvalue weighted by atomic mass is 10.2. The molecule has 1 N–H and O–H groups in total. The number of pyridine rings is 1. The molecule has 0 aliphatic heterocycles. The Morgan fingerprint density at radius 2 is 2.38 bits per heavy atom. The fraction of sp³-hybridized carbons (Fsp3) is 0.500. The first-order valence-electron chi connectivity index (χ1n) is 4.64. The first kappa shape index (κ1) is 9.00. The monoisotopic (exact) mass is 240 g/mol. The predicted molar refractivity (Wildman–Crippen MR) is 57.7 cm³/mol. The minimum atomic E-state index is 0.570. The van der Waals surface area contributed by atoms with Crippen molar-refractivity contribution in [2.24, 2.45) is 5.92 Å². The fourth-order valence-electron chi connectivity index (χ4n) is 1.45. The van der Waals surface area contributed by atoms with Crippen LogP contribution in [0.2, 0.25) is 0 Å². The molecule has 13 heavy (non-hydrogen) atoms. The van der Waals surface area contributed by atoms with Gasteiger partial charge in [-0.25, -0.2) is 4.98 Å². The lowest BCUT2D eigenvalue weighted by Crippen LogP contribution is -2.17. The summed E-state index contributed by atoms with van der Waals surface area (Å²) in [5.41, 5.74) is 1.10. The summed E-state index contributed by atoms with van der Waals surface area (Å²) >= 11 is 3.42. The van der Waals surface area contributed by atoms with Gasteiger partial charge in [0.2, 0.25) is 0 Å². The molecule has 0 spiro atoms. The minimum absolute atomic E-state index is 0.570. The zero-order chi connectivity index (χ0) is 9.26. The van der Waals surface area contributed by atoms with E-state index in [1.54, 1.807) is 6.20 Å². The quantitative estimate of drug-likeness (QED) is 0.822. The number of nitrogens with zero attached hydrogens (tertiary/aromatic N) is 1. The summed E-state index contributed by atoms with van der Waals surface area (Å²) in [6.45, 7) is 2.23. The van der Waals surface area contributed by atoms with E-state index in [2.05, 4.69) is 39.2 Å². The second-order valence-corrected chi connectivity index (χ2v) is 4.36. The van der Waals surface area contributed by atoms with Gasteiger partial charge in [0.25, 0.3) is 0 Å². The molecular formula is C10H13BrN2. The highest BCUT2D eigenvalue weighted by molar-refractivity contribution is 9.10. The average Bonchev–Trinajstić information content (AvgIpc) is 2.91. The van der Waals surface area contributed by atoms with E-state index in [1.807, 2.05) is 6.07 Å². The zero-order valence-corrected chi connectivity index (χ0v) is 9.21. The average molecular weight is 241 g/mol. The Morgan fingerprint density at radius 1 is 1.62 bits per heavy atom. The van der Waals surface area contributed by atoms with Gasteiger partial charge in [-0.05, 0) is 53.7 Å². The van der Waals surface area contributed by atoms with E-state index >= 15 is 0 Å². The summed E-state index contributed by atoms with van der Waals surface area (Å²) in [4.78, 5) is 4.17. The number of rotatable bonds is 3. The van der Waals surface area contributed by atoms with Crippen molar-refractivity contribution in [1.29, 1.82) is 0 Å². The molecule has 0 radical (unpaired) electrons. The van der Waals surface area contributed by atoms with E-state index in [1.165, 1.54) is 12.8 Å². The van der Waals surface area contributed by atoms with Crippen LogP contribution in [0.3, 0.4) is 0 Å². The number of nitrogens with one attached hydrogen (secondary N) is 1. The Bertz CT molecular complexity index is 297. The Morgan fingerprint density at radius 3 is 3.00 bits per heavy atom. The molecule has 2 rings (SSSR count). The molecule has 1 aromatic heterocycles. The second kappa shape index (κ2) is 3.66. The molecule has 1 atom stereocenters. The zero-order valence-electron chi connectivity index (χ0n) is 7.63. The number of anilines is 1. The summed E-state index contributed by atoms with van der Waals surface area (Å²) < 4.78 is 0.905. The van der Waals surface area contributed by atoms with Crippen molar-refractivity contribution in [3.05, 3.63) is 22.9 Å². The number of aromatic nitrogens is 1. The van der Waals surface area contributed by atoms with Gasteiger partial charge < -0.3 is 5.32 Å². The van der Waals surface area contributed by atoms with Gasteiger partial charge >= 0.3 is 0 Å². The van der Waals surface area contributed by atoms with Gasteiger partial charge in [0, 0.05) is 12.2 Å². The standard InChI is InChI=1S/C10H13BrN2/c1-7(8-4-5-8)13-9-3-2-6-12-10(9)11/h2-3,6-8,13H,4-5H2,1H3. The molecule has 0 bridgehead atoms. The molecule has 3 heteroatoms. The highest BCUT2D eigenvalue weighted by atomic mass is 79.9. The van der Waals surface area contributed by atoms with Crippen LogP contribution < -0.4 is 5.32 Å². The highest BCUT2D eigenvalue weighted by Crippen LogP contribution is 2.34. The lowest BCUT2D eigenvalue weighted by molar-refractivity contribution is 0.693. The Kier molecular flexibility index (Phi) is 2.54. The second-order valence-electron chi connectivity index (χ2n) is 3.61. The molecule has 1 fully saturated rings. The van der Waals surface area contributed by atoms with E-state index in [9.17, 15) is 0 Å². The van der Waals surface area contributed by atoms with Crippen molar-refractivity contribution in [1.82, 2.24) is 4.98 Å². The van der Waals surface area contributed by atoms with Gasteiger partial charge in [-0.1, -0.05) is 0 Å². The fourth-order valence-corrected chi connectivity index (χ4v) is 1.82. The third-order valence-electron chi connectivity index (χ3n) is 2.47. The molecule has 1 aliphatic rings. The molecule has 70 valence electrons. The lowest BCUT2D eigenvalue weighted by Gasteiger charge is -2.14. The van der Waals surface area contributed by atoms with Crippen molar-refractivity contribution in [2.45, 2.75) is 25.8 Å². The van der Waals surface area contributed by atoms with Crippen molar-refractivity contribution in [2.75, 3.05) is 5.32 Å². The number of hydrogen-bond donors (Lipinski definition) is 1. The highest BCUT2D eigenvalue weighted by Gasteiger charge is 2.27. The van der Waals surface area contributed by atoms with Crippen molar-refractivity contribution < 1.29 is 0 Å². The van der Waals surface area contributed by atoms with Crippen LogP contribution in [-0.2, 0) is 0 Å². The first-order chi connectivity index (χ1) is 6.27. The van der Waals surface area contributed by atoms with Crippen LogP contribution in [0.1, 0.15) is 19.8 Å².